The van der Waals surface area contributed by atoms with Crippen molar-refractivity contribution in [2.75, 3.05) is 0 Å². The second-order valence-corrected chi connectivity index (χ2v) is 6.01. The molecule has 0 radical (unpaired) electrons. The molecule has 4 atom stereocenters. The molecule has 1 rings (SSSR count). The van der Waals surface area contributed by atoms with Crippen molar-refractivity contribution < 1.29 is 29.7 Å². The molecule has 0 saturated carbocycles. The molecule has 1 aromatic rings. The molecule has 0 bridgehead atoms. The van der Waals surface area contributed by atoms with Crippen molar-refractivity contribution in [3.63, 3.8) is 0 Å². The lowest BCUT2D eigenvalue weighted by atomic mass is 10.0. The number of hydrogen-bond donors (Lipinski definition) is 6. The fraction of sp³-hybridized carbons (Fsp3) is 0.500. The van der Waals surface area contributed by atoms with E-state index in [9.17, 15) is 14.4 Å². The second-order valence-electron chi connectivity index (χ2n) is 6.01. The summed E-state index contributed by atoms with van der Waals surface area (Å²) in [6.45, 7) is 5.18. The van der Waals surface area contributed by atoms with E-state index < -0.39 is 36.0 Å². The molecule has 154 valence electrons. The normalized spacial score (nSPS) is 14.1. The molecule has 0 aromatic heterocycles. The molecule has 1 aromatic carbocycles. The lowest BCUT2D eigenvalue weighted by Gasteiger charge is -2.11. The van der Waals surface area contributed by atoms with Crippen molar-refractivity contribution in [1.82, 2.24) is 0 Å². The zero-order valence-electron chi connectivity index (χ0n) is 15.9. The van der Waals surface area contributed by atoms with Gasteiger partial charge in [-0.25, -0.2) is 0 Å². The number of carboxylic acids is 3. The summed E-state index contributed by atoms with van der Waals surface area (Å²) in [4.78, 5) is 30.1. The lowest BCUT2D eigenvalue weighted by molar-refractivity contribution is -0.140. The minimum atomic E-state index is -0.963. The van der Waals surface area contributed by atoms with Gasteiger partial charge in [-0.3, -0.25) is 14.4 Å². The summed E-state index contributed by atoms with van der Waals surface area (Å²) in [5, 5.41) is 24.7. The summed E-state index contributed by atoms with van der Waals surface area (Å²) in [6, 6.07) is 7.11. The maximum absolute atomic E-state index is 10.4. The van der Waals surface area contributed by atoms with Gasteiger partial charge < -0.3 is 32.5 Å². The minimum absolute atomic E-state index is 0.0718. The monoisotopic (exact) mass is 385 g/mol. The highest BCUT2D eigenvalue weighted by Gasteiger charge is 2.17. The Morgan fingerprint density at radius 3 is 1.59 bits per heavy atom. The highest BCUT2D eigenvalue weighted by atomic mass is 16.4. The Balaban J connectivity index is 0. The van der Waals surface area contributed by atoms with Gasteiger partial charge in [0.05, 0.1) is 0 Å². The predicted octanol–water partition coefficient (Wildman–Crippen LogP) is 0.504. The van der Waals surface area contributed by atoms with Crippen LogP contribution in [0.15, 0.2) is 30.3 Å². The van der Waals surface area contributed by atoms with E-state index in [1.807, 2.05) is 44.2 Å². The molecular formula is C18H31N3O6. The molecule has 0 amide bonds. The molecule has 0 aliphatic heterocycles. The molecule has 0 heterocycles. The Kier molecular flexibility index (Phi) is 14.5. The first-order valence-corrected chi connectivity index (χ1v) is 8.43. The van der Waals surface area contributed by atoms with Crippen LogP contribution in [0.5, 0.6) is 0 Å². The minimum Gasteiger partial charge on any atom is -0.480 e. The van der Waals surface area contributed by atoms with Crippen molar-refractivity contribution in [3.05, 3.63) is 35.9 Å². The first kappa shape index (κ1) is 26.7. The molecular weight excluding hydrogens is 354 g/mol. The Morgan fingerprint density at radius 2 is 1.33 bits per heavy atom. The van der Waals surface area contributed by atoms with Crippen LogP contribution in [0, 0.1) is 5.92 Å². The molecule has 9 N–H and O–H groups in total. The summed E-state index contributed by atoms with van der Waals surface area (Å²) < 4.78 is 0. The highest BCUT2D eigenvalue weighted by Crippen LogP contribution is 2.04. The number of carbonyl (C=O) groups is 3. The quantitative estimate of drug-likeness (QED) is 0.388. The van der Waals surface area contributed by atoms with Gasteiger partial charge in [0.15, 0.2) is 0 Å². The Labute approximate surface area is 159 Å². The second kappa shape index (κ2) is 14.7. The van der Waals surface area contributed by atoms with Crippen LogP contribution in [0.2, 0.25) is 0 Å². The summed E-state index contributed by atoms with van der Waals surface area (Å²) in [5.74, 6) is -2.76. The van der Waals surface area contributed by atoms with Crippen LogP contribution in [0.4, 0.5) is 0 Å². The van der Waals surface area contributed by atoms with Crippen LogP contribution in [0.1, 0.15) is 32.8 Å². The smallest absolute Gasteiger partial charge is 0.320 e. The molecule has 0 spiro atoms. The van der Waals surface area contributed by atoms with Crippen LogP contribution < -0.4 is 17.2 Å². The Morgan fingerprint density at radius 1 is 0.889 bits per heavy atom. The third-order valence-corrected chi connectivity index (χ3v) is 3.55. The van der Waals surface area contributed by atoms with Crippen molar-refractivity contribution in [1.29, 1.82) is 0 Å². The van der Waals surface area contributed by atoms with E-state index in [0.717, 1.165) is 12.0 Å². The first-order valence-electron chi connectivity index (χ1n) is 8.43. The fourth-order valence-corrected chi connectivity index (χ4v) is 1.45. The van der Waals surface area contributed by atoms with Crippen LogP contribution in [-0.4, -0.2) is 51.4 Å². The van der Waals surface area contributed by atoms with Crippen molar-refractivity contribution in [2.45, 2.75) is 51.7 Å². The topological polar surface area (TPSA) is 190 Å². The van der Waals surface area contributed by atoms with Crippen LogP contribution in [0.25, 0.3) is 0 Å². The first-order chi connectivity index (χ1) is 12.4. The summed E-state index contributed by atoms with van der Waals surface area (Å²) in [6.07, 6.45) is 1.20. The maximum atomic E-state index is 10.4. The maximum Gasteiger partial charge on any atom is 0.320 e. The average molecular weight is 385 g/mol. The van der Waals surface area contributed by atoms with Gasteiger partial charge in [0.25, 0.3) is 0 Å². The Bertz CT molecular complexity index is 565. The van der Waals surface area contributed by atoms with Gasteiger partial charge in [-0.15, -0.1) is 0 Å². The predicted molar refractivity (Wildman–Crippen MR) is 102 cm³/mol. The number of rotatable bonds is 7. The van der Waals surface area contributed by atoms with E-state index in [0.29, 0.717) is 6.42 Å². The molecule has 0 aliphatic rings. The molecule has 27 heavy (non-hydrogen) atoms. The van der Waals surface area contributed by atoms with Crippen LogP contribution in [0.3, 0.4) is 0 Å². The standard InChI is InChI=1S/C9H11NO2.C6H13NO2.C3H7NO2/c10-8(9(11)12)6-7-4-2-1-3-5-7;1-3-4(2)5(7)6(8)9;1-2(4)3(5)6/h1-5,8H,6,10H2,(H,11,12);4-5H,3,7H2,1-2H3,(H,8,9);2H,4H2,1H3,(H,5,6)/t8-;4-,5-;2-/m000/s1. The summed E-state index contributed by atoms with van der Waals surface area (Å²) >= 11 is 0. The van der Waals surface area contributed by atoms with E-state index in [1.54, 1.807) is 0 Å². The number of hydrogen-bond acceptors (Lipinski definition) is 6. The third-order valence-electron chi connectivity index (χ3n) is 3.55. The summed E-state index contributed by atoms with van der Waals surface area (Å²) in [7, 11) is 0. The molecule has 9 nitrogen and oxygen atoms in total. The third kappa shape index (κ3) is 14.4. The Hall–Kier alpha value is -2.49. The van der Waals surface area contributed by atoms with E-state index in [-0.39, 0.29) is 5.92 Å². The van der Waals surface area contributed by atoms with Crippen molar-refractivity contribution in [2.24, 2.45) is 23.1 Å². The van der Waals surface area contributed by atoms with E-state index in [2.05, 4.69) is 0 Å². The van der Waals surface area contributed by atoms with Crippen LogP contribution in [-0.2, 0) is 20.8 Å². The zero-order valence-corrected chi connectivity index (χ0v) is 15.9. The SMILES string of the molecule is CC[C@H](C)[C@H](N)C(=O)O.C[C@H](N)C(=O)O.N[C@@H](Cc1ccccc1)C(=O)O. The van der Waals surface area contributed by atoms with E-state index >= 15 is 0 Å². The molecule has 0 aliphatic carbocycles. The molecule has 0 saturated heterocycles. The van der Waals surface area contributed by atoms with Gasteiger partial charge >= 0.3 is 17.9 Å². The van der Waals surface area contributed by atoms with Gasteiger partial charge in [-0.1, -0.05) is 50.6 Å². The number of benzene rings is 1. The number of aliphatic carboxylic acids is 3. The van der Waals surface area contributed by atoms with Crippen LogP contribution >= 0.6 is 0 Å². The van der Waals surface area contributed by atoms with Gasteiger partial charge in [-0.05, 0) is 24.8 Å². The molecule has 0 fully saturated rings. The fourth-order valence-electron chi connectivity index (χ4n) is 1.45. The number of carboxylic acid groups (broad SMARTS) is 3. The number of nitrogens with two attached hydrogens (primary N) is 3. The van der Waals surface area contributed by atoms with Gasteiger partial charge in [0.2, 0.25) is 0 Å². The van der Waals surface area contributed by atoms with E-state index in [4.69, 9.17) is 32.5 Å². The van der Waals surface area contributed by atoms with E-state index in [1.165, 1.54) is 6.92 Å². The molecule has 0 unspecified atom stereocenters. The zero-order chi connectivity index (χ0) is 21.6. The van der Waals surface area contributed by atoms with Gasteiger partial charge in [0, 0.05) is 0 Å². The van der Waals surface area contributed by atoms with Gasteiger partial charge in [0.1, 0.15) is 18.1 Å². The summed E-state index contributed by atoms with van der Waals surface area (Å²) in [5.41, 5.74) is 16.4. The molecule has 9 heteroatoms. The van der Waals surface area contributed by atoms with Crippen molar-refractivity contribution >= 4 is 17.9 Å². The highest BCUT2D eigenvalue weighted by molar-refractivity contribution is 5.73. The van der Waals surface area contributed by atoms with Crippen molar-refractivity contribution in [3.8, 4) is 0 Å². The largest absolute Gasteiger partial charge is 0.480 e. The van der Waals surface area contributed by atoms with Gasteiger partial charge in [-0.2, -0.15) is 0 Å². The average Bonchev–Trinajstić information content (AvgIpc) is 2.62. The lowest BCUT2D eigenvalue weighted by Crippen LogP contribution is -2.36.